The predicted octanol–water partition coefficient (Wildman–Crippen LogP) is 14.9. The number of aromatic amines is 2. The first-order valence-electron chi connectivity index (χ1n) is 38.9. The number of rotatable bonds is 22. The van der Waals surface area contributed by atoms with Crippen LogP contribution in [-0.2, 0) is 33.5 Å². The predicted molar refractivity (Wildman–Crippen MR) is 448 cm³/mol. The molecule has 0 bridgehead atoms. The summed E-state index contributed by atoms with van der Waals surface area (Å²) in [5.41, 5.74) is 16.8. The Kier molecular flexibility index (Phi) is 23.3. The van der Waals surface area contributed by atoms with Crippen LogP contribution in [0.3, 0.4) is 0 Å². The minimum atomic E-state index is -0.741. The van der Waals surface area contributed by atoms with E-state index >= 15 is 0 Å². The van der Waals surface area contributed by atoms with Crippen LogP contribution in [0.25, 0.3) is 74.5 Å². The number of benzene rings is 4. The summed E-state index contributed by atoms with van der Waals surface area (Å²) in [5, 5.41) is 26.4. The lowest BCUT2D eigenvalue weighted by Gasteiger charge is -2.32. The number of thiophene rings is 4. The molecule has 0 radical (unpaired) electrons. The summed E-state index contributed by atoms with van der Waals surface area (Å²) in [4.78, 5) is 127. The Balaban J connectivity index is 0.000000178. The van der Waals surface area contributed by atoms with Crippen molar-refractivity contribution in [1.82, 2.24) is 60.4 Å². The van der Waals surface area contributed by atoms with Gasteiger partial charge in [-0.25, -0.2) is 14.8 Å². The summed E-state index contributed by atoms with van der Waals surface area (Å²) in [6.45, 7) is 10.9. The second-order valence-electron chi connectivity index (χ2n) is 30.8. The first-order valence-corrected chi connectivity index (χ1v) is 42.4. The van der Waals surface area contributed by atoms with Crippen LogP contribution in [0.1, 0.15) is 157 Å². The second kappa shape index (κ2) is 33.8. The van der Waals surface area contributed by atoms with Crippen molar-refractivity contribution in [2.24, 2.45) is 21.8 Å². The van der Waals surface area contributed by atoms with Gasteiger partial charge in [0.1, 0.15) is 42.4 Å². The van der Waals surface area contributed by atoms with Crippen molar-refractivity contribution >= 4 is 139 Å². The maximum atomic E-state index is 14.0. The molecule has 23 nitrogen and oxygen atoms in total. The monoisotopic (exact) mass is 1590 g/mol. The number of likely N-dealkylation sites (N-methyl/N-ethyl adjacent to an activating group) is 1. The van der Waals surface area contributed by atoms with Crippen molar-refractivity contribution in [2.75, 3.05) is 54.0 Å². The number of ether oxygens (including phenoxy) is 1. The van der Waals surface area contributed by atoms with Gasteiger partial charge in [-0.2, -0.15) is 0 Å². The summed E-state index contributed by atoms with van der Waals surface area (Å²) < 4.78 is 9.63. The topological polar surface area (TPSA) is 283 Å². The third-order valence-electron chi connectivity index (χ3n) is 22.6. The van der Waals surface area contributed by atoms with E-state index < -0.39 is 36.7 Å². The molecule has 4 aromatic carbocycles. The highest BCUT2D eigenvalue weighted by atomic mass is 32.1. The van der Waals surface area contributed by atoms with E-state index in [2.05, 4.69) is 88.7 Å². The van der Waals surface area contributed by atoms with E-state index in [9.17, 15) is 38.7 Å². The molecule has 4 fully saturated rings. The van der Waals surface area contributed by atoms with Crippen LogP contribution >= 0.6 is 45.3 Å². The lowest BCUT2D eigenvalue weighted by molar-refractivity contribution is -0.139. The van der Waals surface area contributed by atoms with Gasteiger partial charge in [-0.15, -0.1) is 45.3 Å². The molecule has 6 aliphatic rings. The Morgan fingerprint density at radius 2 is 1.04 bits per heavy atom. The molecule has 113 heavy (non-hydrogen) atoms. The van der Waals surface area contributed by atoms with Crippen molar-refractivity contribution in [1.29, 1.82) is 0 Å². The number of amides is 7. The van der Waals surface area contributed by atoms with E-state index in [0.717, 1.165) is 149 Å². The van der Waals surface area contributed by atoms with Crippen molar-refractivity contribution in [3.63, 3.8) is 0 Å². The number of imidazole rings is 2. The summed E-state index contributed by atoms with van der Waals surface area (Å²) in [5.74, 6) is 0.189. The average molecular weight is 1600 g/mol. The van der Waals surface area contributed by atoms with E-state index in [1.807, 2.05) is 142 Å². The Labute approximate surface area is 672 Å². The highest BCUT2D eigenvalue weighted by molar-refractivity contribution is 7.28. The Morgan fingerprint density at radius 1 is 0.549 bits per heavy atom. The zero-order valence-corrected chi connectivity index (χ0v) is 67.9. The highest BCUT2D eigenvalue weighted by Crippen LogP contribution is 2.48. The summed E-state index contributed by atoms with van der Waals surface area (Å²) in [7, 11) is 5.25. The number of carbonyl (C=O) groups is 7. The molecular formula is C86H94N14O9S4. The Bertz CT molecular complexity index is 5360. The number of aromatic nitrogens is 4. The fourth-order valence-corrected chi connectivity index (χ4v) is 21.8. The molecule has 0 aliphatic carbocycles. The summed E-state index contributed by atoms with van der Waals surface area (Å²) >= 11 is 6.89. The third kappa shape index (κ3) is 16.0. The number of likely N-dealkylation sites (tertiary alicyclic amines) is 4. The van der Waals surface area contributed by atoms with Gasteiger partial charge >= 0.3 is 6.09 Å². The maximum absolute atomic E-state index is 14.0. The van der Waals surface area contributed by atoms with E-state index in [1.165, 1.54) is 49.5 Å². The van der Waals surface area contributed by atoms with Crippen molar-refractivity contribution in [3.8, 4) is 33.5 Å². The fourth-order valence-electron chi connectivity index (χ4n) is 16.9. The molecule has 586 valence electrons. The largest absolute Gasteiger partial charge is 0.453 e. The molecule has 12 heterocycles. The molecule has 7 amide bonds. The number of aliphatic imine (C=N–C) groups is 2. The minimum Gasteiger partial charge on any atom is -0.453 e. The summed E-state index contributed by atoms with van der Waals surface area (Å²) in [6.07, 6.45) is 13.5. The molecular weight excluding hydrogens is 1500 g/mol. The van der Waals surface area contributed by atoms with E-state index in [4.69, 9.17) is 24.7 Å². The van der Waals surface area contributed by atoms with Crippen LogP contribution in [0.2, 0.25) is 0 Å². The van der Waals surface area contributed by atoms with Crippen LogP contribution in [-0.4, -0.2) is 181 Å². The highest BCUT2D eigenvalue weighted by Gasteiger charge is 2.43. The molecule has 2 unspecified atom stereocenters. The molecule has 27 heteroatoms. The molecule has 10 aromatic rings. The van der Waals surface area contributed by atoms with Crippen molar-refractivity contribution in [3.05, 3.63) is 177 Å². The van der Waals surface area contributed by atoms with Crippen LogP contribution in [0.15, 0.2) is 153 Å². The van der Waals surface area contributed by atoms with Gasteiger partial charge in [-0.05, 0) is 128 Å². The molecule has 16 rings (SSSR count). The van der Waals surface area contributed by atoms with E-state index in [-0.39, 0.29) is 71.6 Å². The number of aliphatic hydroxyl groups excluding tert-OH is 1. The van der Waals surface area contributed by atoms with Gasteiger partial charge in [0.05, 0.1) is 73.0 Å². The smallest absolute Gasteiger partial charge is 0.407 e. The number of allylic oxidation sites excluding steroid dienone is 2. The van der Waals surface area contributed by atoms with E-state index in [1.54, 1.807) is 50.2 Å². The SMILES string of the molecule is CC(=O)N[C@@H](C(=O)N1CCCC1C1=NC=C(c2csc3c(-c4ccc5nc(C6CCCN6C(=O)[C@H](NC(=O)CO)C(C)C)[nH]c5c4)csc23)C1)c1ccccc1.COC(=O)N[C@H](C(=O)N1CCC[C@H]1c1ncc(-c2csc3c(-c4ccc(C5=CN=C([C@@H]6CCCN6C(=O)[C@@H](c6ccccc6)N(C)C)C5)cc4)csc23)[nH]1)C(C)C. The van der Waals surface area contributed by atoms with Crippen molar-refractivity contribution < 1.29 is 43.4 Å². The van der Waals surface area contributed by atoms with Gasteiger partial charge in [0, 0.05) is 114 Å². The Hall–Kier alpha value is -10.3. The quantitative estimate of drug-likeness (QED) is 0.0369. The molecule has 6 N–H and O–H groups in total. The molecule has 6 aromatic heterocycles. The number of nitrogens with zero attached hydrogens (tertiary/aromatic N) is 9. The van der Waals surface area contributed by atoms with Gasteiger partial charge in [-0.3, -0.25) is 43.7 Å². The number of nitrogens with one attached hydrogen (secondary N) is 5. The molecule has 0 saturated carbocycles. The van der Waals surface area contributed by atoms with Gasteiger partial charge < -0.3 is 55.4 Å². The van der Waals surface area contributed by atoms with Gasteiger partial charge in [0.2, 0.25) is 35.4 Å². The summed E-state index contributed by atoms with van der Waals surface area (Å²) in [6, 6.07) is 31.5. The van der Waals surface area contributed by atoms with Crippen LogP contribution in [0.4, 0.5) is 4.79 Å². The van der Waals surface area contributed by atoms with Gasteiger partial charge in [0.15, 0.2) is 0 Å². The van der Waals surface area contributed by atoms with E-state index in [0.29, 0.717) is 26.1 Å². The molecule has 6 aliphatic heterocycles. The Morgan fingerprint density at radius 3 is 1.61 bits per heavy atom. The second-order valence-corrected chi connectivity index (χ2v) is 34.3. The number of methoxy groups -OCH3 is 1. The average Bonchev–Trinajstić information content (AvgIpc) is 1.61. The number of hydrogen-bond donors (Lipinski definition) is 6. The van der Waals surface area contributed by atoms with Crippen LogP contribution in [0.5, 0.6) is 0 Å². The number of alkyl carbamates (subject to hydrolysis) is 1. The number of carbonyl (C=O) groups excluding carboxylic acids is 7. The van der Waals surface area contributed by atoms with Gasteiger partial charge in [0.25, 0.3) is 0 Å². The molecule has 4 saturated heterocycles. The van der Waals surface area contributed by atoms with Crippen LogP contribution < -0.4 is 16.0 Å². The zero-order valence-electron chi connectivity index (χ0n) is 64.6. The number of hydrogen-bond acceptors (Lipinski definition) is 18. The lowest BCUT2D eigenvalue weighted by atomic mass is 9.96. The van der Waals surface area contributed by atoms with Crippen LogP contribution in [0, 0.1) is 11.8 Å². The first kappa shape index (κ1) is 78.0. The third-order valence-corrected chi connectivity index (χ3v) is 26.9. The molecule has 0 spiro atoms. The maximum Gasteiger partial charge on any atom is 0.407 e. The van der Waals surface area contributed by atoms with Crippen molar-refractivity contribution in [2.45, 2.75) is 147 Å². The van der Waals surface area contributed by atoms with Gasteiger partial charge in [-0.1, -0.05) is 119 Å². The lowest BCUT2D eigenvalue weighted by Crippen LogP contribution is -2.51. The standard InChI is InChI=1S/C44H49N7O4S2.C42H45N7O5S2/c1-26(2)37(48-44(54)55-5)42(52)51-20-10-14-36(51)41-46-23-34(47-41)32-25-57-39-31(24-56-40(32)39)28-17-15-27(16-18-28)30-21-33(45-22-30)35-13-9-19-50(35)43(53)38(49(3)4)29-11-7-6-8-12-29;1-23(2)36(47-35(52)20-50)41(53)49-16-8-12-34(49)40-45-30-14-13-26(17-31(30)46-40)28-21-55-39-29(22-56-38(28)39)27-18-32(43-19-27)33-11-7-15-48(33)42(54)37(44-24(3)51)25-9-5-4-6-10-25/h6-8,11-12,15-18,22-26,35-38H,9-10,13-14,19-21H2,1-5H3,(H,46,47)(H,48,54);4-6,9-10,13-14,17,19,21-23,33-34,36-37,50H,7-8,11-12,15-16,18,20H2,1-3H3,(H,44,51)(H,45,46)(H,47,52)/t35-,36-,37-,38+;33?,34?,36-,37-/m01/s1. The normalized spacial score (nSPS) is 19.4. The number of aliphatic hydroxyl groups is 1. The molecule has 8 atom stereocenters. The zero-order chi connectivity index (χ0) is 78.9. The minimum absolute atomic E-state index is 0.0157. The first-order chi connectivity index (χ1) is 54.7. The number of H-pyrrole nitrogens is 2. The fraction of sp³-hybridized carbons (Fsp3) is 0.384. The number of fused-ring (bicyclic) bond motifs is 3.